The van der Waals surface area contributed by atoms with Crippen LogP contribution in [0.2, 0.25) is 0 Å². The lowest BCUT2D eigenvalue weighted by molar-refractivity contribution is 1.12. The van der Waals surface area contributed by atoms with Crippen molar-refractivity contribution in [1.82, 2.24) is 9.97 Å². The molecule has 4 nitrogen and oxygen atoms in total. The molecule has 3 aromatic rings. The summed E-state index contributed by atoms with van der Waals surface area (Å²) in [5.74, 6) is 0. The van der Waals surface area contributed by atoms with E-state index in [1.165, 1.54) is 4.88 Å². The van der Waals surface area contributed by atoms with Gasteiger partial charge in [-0.05, 0) is 19.1 Å². The summed E-state index contributed by atoms with van der Waals surface area (Å²) < 4.78 is 1.12. The average Bonchev–Trinajstić information content (AvgIpc) is 2.98. The van der Waals surface area contributed by atoms with Crippen LogP contribution in [0.5, 0.6) is 0 Å². The number of fused-ring (bicyclic) bond motifs is 1. The Bertz CT molecular complexity index is 686. The van der Waals surface area contributed by atoms with E-state index < -0.39 is 0 Å². The zero-order chi connectivity index (χ0) is 12.5. The smallest absolute Gasteiger partial charge is 0.106 e. The maximum absolute atomic E-state index is 6.11. The maximum Gasteiger partial charge on any atom is 0.106 e. The molecule has 2 aromatic heterocycles. The van der Waals surface area contributed by atoms with Crippen LogP contribution in [-0.4, -0.2) is 9.97 Å². The van der Waals surface area contributed by atoms with E-state index in [0.29, 0.717) is 0 Å². The van der Waals surface area contributed by atoms with Crippen LogP contribution in [0.4, 0.5) is 11.4 Å². The van der Waals surface area contributed by atoms with Gasteiger partial charge in [-0.25, -0.2) is 9.97 Å². The molecule has 3 rings (SSSR count). The first kappa shape index (κ1) is 11.4. The fourth-order valence-electron chi connectivity index (χ4n) is 1.78. The number of nitrogens with one attached hydrogen (secondary N) is 1. The highest BCUT2D eigenvalue weighted by Gasteiger charge is 2.07. The highest BCUT2D eigenvalue weighted by molar-refractivity contribution is 7.16. The molecular weight excluding hydrogens is 264 g/mol. The second-order valence-corrected chi connectivity index (χ2v) is 5.77. The number of nitrogens with zero attached hydrogens (tertiary/aromatic N) is 2. The van der Waals surface area contributed by atoms with Crippen LogP contribution >= 0.6 is 22.7 Å². The number of thiazole rings is 2. The molecule has 2 heterocycles. The third kappa shape index (κ3) is 1.93. The van der Waals surface area contributed by atoms with Crippen LogP contribution in [-0.2, 0) is 6.54 Å². The lowest BCUT2D eigenvalue weighted by Crippen LogP contribution is -2.02. The van der Waals surface area contributed by atoms with E-state index in [1.54, 1.807) is 22.7 Å². The number of benzene rings is 1. The molecule has 0 unspecified atom stereocenters. The predicted octanol–water partition coefficient (Wildman–Crippen LogP) is 3.26. The first-order valence-electron chi connectivity index (χ1n) is 5.50. The second-order valence-electron chi connectivity index (χ2n) is 3.94. The third-order valence-electron chi connectivity index (χ3n) is 2.83. The molecule has 18 heavy (non-hydrogen) atoms. The molecule has 0 amide bonds. The lowest BCUT2D eigenvalue weighted by atomic mass is 10.2. The number of hydrogen-bond donors (Lipinski definition) is 2. The molecule has 0 radical (unpaired) electrons. The Morgan fingerprint density at radius 2 is 2.06 bits per heavy atom. The minimum absolute atomic E-state index is 0.718. The number of aryl methyl sites for hydroxylation is 1. The SMILES string of the molecule is Cc1ncsc1CNc1ccc2scnc2c1N. The van der Waals surface area contributed by atoms with Crippen LogP contribution in [0.3, 0.4) is 0 Å². The zero-order valence-corrected chi connectivity index (χ0v) is 11.4. The molecular formula is C12H12N4S2. The van der Waals surface area contributed by atoms with Crippen molar-refractivity contribution in [3.05, 3.63) is 33.7 Å². The van der Waals surface area contributed by atoms with Gasteiger partial charge >= 0.3 is 0 Å². The van der Waals surface area contributed by atoms with Gasteiger partial charge in [0.25, 0.3) is 0 Å². The summed E-state index contributed by atoms with van der Waals surface area (Å²) in [4.78, 5) is 9.74. The number of hydrogen-bond acceptors (Lipinski definition) is 6. The van der Waals surface area contributed by atoms with Gasteiger partial charge in [0.1, 0.15) is 5.52 Å². The quantitative estimate of drug-likeness (QED) is 0.721. The Labute approximate surface area is 113 Å². The van der Waals surface area contributed by atoms with Crippen molar-refractivity contribution in [3.8, 4) is 0 Å². The van der Waals surface area contributed by atoms with Crippen molar-refractivity contribution in [2.24, 2.45) is 0 Å². The molecule has 6 heteroatoms. The molecule has 0 aliphatic carbocycles. The summed E-state index contributed by atoms with van der Waals surface area (Å²) in [6.45, 7) is 2.76. The van der Waals surface area contributed by atoms with E-state index in [0.717, 1.165) is 33.8 Å². The standard InChI is InChI=1S/C12H12N4S2/c1-7-10(18-5-15-7)4-14-8-2-3-9-12(11(8)13)16-6-17-9/h2-3,5-6,14H,4,13H2,1H3. The van der Waals surface area contributed by atoms with Crippen LogP contribution in [0, 0.1) is 6.92 Å². The van der Waals surface area contributed by atoms with Gasteiger partial charge in [-0.15, -0.1) is 22.7 Å². The average molecular weight is 276 g/mol. The molecule has 0 aliphatic rings. The highest BCUT2D eigenvalue weighted by atomic mass is 32.1. The van der Waals surface area contributed by atoms with Crippen molar-refractivity contribution >= 4 is 44.3 Å². The Morgan fingerprint density at radius 3 is 2.83 bits per heavy atom. The van der Waals surface area contributed by atoms with E-state index in [-0.39, 0.29) is 0 Å². The van der Waals surface area contributed by atoms with Gasteiger partial charge in [-0.2, -0.15) is 0 Å². The summed E-state index contributed by atoms with van der Waals surface area (Å²) in [7, 11) is 0. The fraction of sp³-hybridized carbons (Fsp3) is 0.167. The summed E-state index contributed by atoms with van der Waals surface area (Å²) in [6, 6.07) is 4.05. The first-order chi connectivity index (χ1) is 8.75. The topological polar surface area (TPSA) is 63.8 Å². The van der Waals surface area contributed by atoms with Crippen LogP contribution in [0.15, 0.2) is 23.2 Å². The monoisotopic (exact) mass is 276 g/mol. The van der Waals surface area contributed by atoms with Gasteiger partial charge in [0.15, 0.2) is 0 Å². The predicted molar refractivity (Wildman–Crippen MR) is 78.2 cm³/mol. The summed E-state index contributed by atoms with van der Waals surface area (Å²) in [5, 5.41) is 3.35. The lowest BCUT2D eigenvalue weighted by Gasteiger charge is -2.08. The van der Waals surface area contributed by atoms with E-state index >= 15 is 0 Å². The van der Waals surface area contributed by atoms with Gasteiger partial charge < -0.3 is 11.1 Å². The van der Waals surface area contributed by atoms with Gasteiger partial charge in [-0.1, -0.05) is 0 Å². The number of aromatic nitrogens is 2. The van der Waals surface area contributed by atoms with Crippen molar-refractivity contribution in [3.63, 3.8) is 0 Å². The zero-order valence-electron chi connectivity index (χ0n) is 9.80. The second kappa shape index (κ2) is 4.55. The molecule has 0 atom stereocenters. The number of nitrogen functional groups attached to an aromatic ring is 1. The van der Waals surface area contributed by atoms with Crippen molar-refractivity contribution < 1.29 is 0 Å². The molecule has 0 fully saturated rings. The van der Waals surface area contributed by atoms with Crippen molar-refractivity contribution in [2.45, 2.75) is 13.5 Å². The Hall–Kier alpha value is -1.66. The van der Waals surface area contributed by atoms with Gasteiger partial charge in [0.05, 0.1) is 39.3 Å². The molecule has 0 saturated carbocycles. The number of anilines is 2. The first-order valence-corrected chi connectivity index (χ1v) is 7.26. The van der Waals surface area contributed by atoms with Crippen molar-refractivity contribution in [2.75, 3.05) is 11.1 Å². The summed E-state index contributed by atoms with van der Waals surface area (Å²) in [6.07, 6.45) is 0. The Kier molecular flexibility index (Phi) is 2.89. The summed E-state index contributed by atoms with van der Waals surface area (Å²) in [5.41, 5.74) is 13.4. The fourth-order valence-corrected chi connectivity index (χ4v) is 3.19. The minimum Gasteiger partial charge on any atom is -0.395 e. The van der Waals surface area contributed by atoms with Gasteiger partial charge in [0.2, 0.25) is 0 Å². The highest BCUT2D eigenvalue weighted by Crippen LogP contribution is 2.30. The number of rotatable bonds is 3. The van der Waals surface area contributed by atoms with E-state index in [4.69, 9.17) is 5.73 Å². The van der Waals surface area contributed by atoms with E-state index in [2.05, 4.69) is 15.3 Å². The van der Waals surface area contributed by atoms with E-state index in [1.807, 2.05) is 30.1 Å². The van der Waals surface area contributed by atoms with Crippen molar-refractivity contribution in [1.29, 1.82) is 0 Å². The number of nitrogens with two attached hydrogens (primary N) is 1. The summed E-state index contributed by atoms with van der Waals surface area (Å²) >= 11 is 3.25. The minimum atomic E-state index is 0.718. The van der Waals surface area contributed by atoms with Crippen LogP contribution in [0.25, 0.3) is 10.2 Å². The molecule has 0 bridgehead atoms. The van der Waals surface area contributed by atoms with Crippen LogP contribution in [0.1, 0.15) is 10.6 Å². The maximum atomic E-state index is 6.11. The molecule has 1 aromatic carbocycles. The molecule has 0 aliphatic heterocycles. The molecule has 0 spiro atoms. The van der Waals surface area contributed by atoms with E-state index in [9.17, 15) is 0 Å². The Morgan fingerprint density at radius 1 is 1.22 bits per heavy atom. The Balaban J connectivity index is 1.86. The molecule has 92 valence electrons. The normalized spacial score (nSPS) is 10.9. The largest absolute Gasteiger partial charge is 0.395 e. The molecule has 0 saturated heterocycles. The van der Waals surface area contributed by atoms with Gasteiger partial charge in [0, 0.05) is 4.88 Å². The third-order valence-corrected chi connectivity index (χ3v) is 4.56. The molecule has 3 N–H and O–H groups in total. The van der Waals surface area contributed by atoms with Crippen LogP contribution < -0.4 is 11.1 Å². The van der Waals surface area contributed by atoms with Gasteiger partial charge in [-0.3, -0.25) is 0 Å².